The van der Waals surface area contributed by atoms with Crippen LogP contribution < -0.4 is 5.56 Å². The fourth-order valence-electron chi connectivity index (χ4n) is 6.05. The molecule has 0 bridgehead atoms. The summed E-state index contributed by atoms with van der Waals surface area (Å²) in [5.41, 5.74) is 3.82. The number of fused-ring (bicyclic) bond motifs is 5. The van der Waals surface area contributed by atoms with Gasteiger partial charge in [0.05, 0.1) is 29.0 Å². The number of benzene rings is 1. The Kier molecular flexibility index (Phi) is 4.39. The maximum atomic E-state index is 14.8. The van der Waals surface area contributed by atoms with Crippen LogP contribution in [0.3, 0.4) is 0 Å². The van der Waals surface area contributed by atoms with Crippen LogP contribution in [0.1, 0.15) is 59.2 Å². The Hall–Kier alpha value is -3.10. The summed E-state index contributed by atoms with van der Waals surface area (Å²) in [4.78, 5) is 33.0. The normalized spacial score (nSPS) is 22.6. The van der Waals surface area contributed by atoms with Crippen LogP contribution in [0.4, 0.5) is 4.39 Å². The maximum Gasteiger partial charge on any atom is 0.343 e. The third-order valence-electron chi connectivity index (χ3n) is 7.97. The number of ether oxygens (including phenoxy) is 1. The van der Waals surface area contributed by atoms with Crippen LogP contribution in [-0.2, 0) is 34.7 Å². The second-order valence-corrected chi connectivity index (χ2v) is 9.83. The van der Waals surface area contributed by atoms with E-state index in [-0.39, 0.29) is 36.0 Å². The summed E-state index contributed by atoms with van der Waals surface area (Å²) >= 11 is 0. The highest BCUT2D eigenvalue weighted by atomic mass is 19.1. The van der Waals surface area contributed by atoms with E-state index in [2.05, 4.69) is 4.90 Å². The average molecular weight is 464 g/mol. The lowest BCUT2D eigenvalue weighted by Gasteiger charge is -2.33. The van der Waals surface area contributed by atoms with Gasteiger partial charge in [0.2, 0.25) is 0 Å². The van der Waals surface area contributed by atoms with Crippen molar-refractivity contribution in [3.05, 3.63) is 61.7 Å². The van der Waals surface area contributed by atoms with Crippen molar-refractivity contribution in [2.75, 3.05) is 14.1 Å². The van der Waals surface area contributed by atoms with Crippen molar-refractivity contribution in [1.82, 2.24) is 14.5 Å². The number of hydrogen-bond acceptors (Lipinski definition) is 6. The van der Waals surface area contributed by atoms with E-state index in [9.17, 15) is 19.1 Å². The number of aryl methyl sites for hydroxylation is 1. The molecule has 0 radical (unpaired) electrons. The van der Waals surface area contributed by atoms with Crippen LogP contribution in [0, 0.1) is 12.7 Å². The molecule has 34 heavy (non-hydrogen) atoms. The van der Waals surface area contributed by atoms with Gasteiger partial charge >= 0.3 is 5.97 Å². The number of carbonyl (C=O) groups is 1. The van der Waals surface area contributed by atoms with Crippen LogP contribution in [0.2, 0.25) is 0 Å². The van der Waals surface area contributed by atoms with Crippen LogP contribution in [0.15, 0.2) is 16.9 Å². The molecule has 8 heteroatoms. The Bertz CT molecular complexity index is 1490. The Labute approximate surface area is 195 Å². The number of rotatable bonds is 2. The zero-order valence-corrected chi connectivity index (χ0v) is 19.7. The average Bonchev–Trinajstić information content (AvgIpc) is 3.18. The zero-order valence-electron chi connectivity index (χ0n) is 19.7. The summed E-state index contributed by atoms with van der Waals surface area (Å²) in [6.45, 7) is 3.67. The van der Waals surface area contributed by atoms with E-state index < -0.39 is 11.6 Å². The quantitative estimate of drug-likeness (QED) is 0.460. The molecule has 1 aromatic carbocycles. The van der Waals surface area contributed by atoms with E-state index in [0.717, 1.165) is 34.9 Å². The highest BCUT2D eigenvalue weighted by molar-refractivity contribution is 5.93. The number of aliphatic hydroxyl groups is 1. The van der Waals surface area contributed by atoms with Crippen molar-refractivity contribution in [2.24, 2.45) is 0 Å². The minimum Gasteiger partial charge on any atom is -0.458 e. The van der Waals surface area contributed by atoms with E-state index >= 15 is 0 Å². The Morgan fingerprint density at radius 2 is 2.03 bits per heavy atom. The molecule has 7 nitrogen and oxygen atoms in total. The molecule has 0 spiro atoms. The van der Waals surface area contributed by atoms with Gasteiger partial charge in [0.1, 0.15) is 12.4 Å². The first kappa shape index (κ1) is 21.4. The first-order valence-electron chi connectivity index (χ1n) is 11.6. The van der Waals surface area contributed by atoms with E-state index in [0.29, 0.717) is 34.6 Å². The van der Waals surface area contributed by atoms with Crippen LogP contribution in [0.25, 0.3) is 22.3 Å². The SMILES string of the molecule is CC[C@@]1(O)C(=O)OCc2c1cc1n(c2=O)Cc2c-1nc1cc(F)c(C)c3c1c2C(N(C)C)CC3. The van der Waals surface area contributed by atoms with Gasteiger partial charge in [0, 0.05) is 28.6 Å². The first-order chi connectivity index (χ1) is 16.2. The fourth-order valence-corrected chi connectivity index (χ4v) is 6.05. The lowest BCUT2D eigenvalue weighted by Crippen LogP contribution is -2.44. The minimum atomic E-state index is -1.88. The summed E-state index contributed by atoms with van der Waals surface area (Å²) in [6.07, 6.45) is 1.69. The predicted octanol–water partition coefficient (Wildman–Crippen LogP) is 3.08. The molecule has 0 saturated heterocycles. The number of aromatic nitrogens is 2. The molecule has 2 aromatic heterocycles. The second-order valence-electron chi connectivity index (χ2n) is 9.83. The molecule has 2 atom stereocenters. The van der Waals surface area contributed by atoms with Gasteiger partial charge in [0.15, 0.2) is 5.60 Å². The van der Waals surface area contributed by atoms with Crippen molar-refractivity contribution < 1.29 is 19.0 Å². The monoisotopic (exact) mass is 463 g/mol. The van der Waals surface area contributed by atoms with Gasteiger partial charge < -0.3 is 19.3 Å². The second kappa shape index (κ2) is 6.96. The fraction of sp³-hybridized carbons (Fsp3) is 0.423. The van der Waals surface area contributed by atoms with Crippen molar-refractivity contribution in [3.8, 4) is 11.4 Å². The topological polar surface area (TPSA) is 84.7 Å². The van der Waals surface area contributed by atoms with Crippen LogP contribution in [-0.4, -0.2) is 39.6 Å². The third kappa shape index (κ3) is 2.55. The molecule has 0 amide bonds. The van der Waals surface area contributed by atoms with Gasteiger partial charge in [-0.1, -0.05) is 6.92 Å². The summed E-state index contributed by atoms with van der Waals surface area (Å²) < 4.78 is 21.7. The summed E-state index contributed by atoms with van der Waals surface area (Å²) in [7, 11) is 4.06. The van der Waals surface area contributed by atoms with Crippen LogP contribution >= 0.6 is 0 Å². The predicted molar refractivity (Wildman–Crippen MR) is 124 cm³/mol. The summed E-state index contributed by atoms with van der Waals surface area (Å²) in [6, 6.07) is 3.29. The van der Waals surface area contributed by atoms with Gasteiger partial charge in [-0.25, -0.2) is 14.2 Å². The van der Waals surface area contributed by atoms with Gasteiger partial charge in [-0.05, 0) is 63.0 Å². The summed E-state index contributed by atoms with van der Waals surface area (Å²) in [5.74, 6) is -1.03. The van der Waals surface area contributed by atoms with Crippen LogP contribution in [0.5, 0.6) is 0 Å². The maximum absolute atomic E-state index is 14.8. The van der Waals surface area contributed by atoms with Crippen molar-refractivity contribution in [1.29, 1.82) is 0 Å². The standard InChI is InChI=1S/C26H26FN3O4/c1-5-26(33)16-8-20-23-14(10-30(20)24(31)15(16)11-34-25(26)32)22-19(29(3)4)7-6-13-12(2)17(27)9-18(28-23)21(13)22/h8-9,19,33H,5-7,10-11H2,1-4H3/t19?,26-/m0/s1. The molecule has 0 fully saturated rings. The highest BCUT2D eigenvalue weighted by Crippen LogP contribution is 2.46. The van der Waals surface area contributed by atoms with E-state index in [1.165, 1.54) is 6.07 Å². The largest absolute Gasteiger partial charge is 0.458 e. The molecule has 6 rings (SSSR count). The molecule has 0 saturated carbocycles. The number of carbonyl (C=O) groups excluding carboxylic acids is 1. The molecule has 1 unspecified atom stereocenters. The minimum absolute atomic E-state index is 0.0849. The van der Waals surface area contributed by atoms with Gasteiger partial charge in [0.25, 0.3) is 5.56 Å². The van der Waals surface area contributed by atoms with Gasteiger partial charge in [-0.15, -0.1) is 0 Å². The number of nitrogens with zero attached hydrogens (tertiary/aromatic N) is 3. The number of esters is 1. The molecular formula is C26H26FN3O4. The van der Waals surface area contributed by atoms with Crippen molar-refractivity contribution in [2.45, 2.75) is 57.9 Å². The molecule has 4 heterocycles. The lowest BCUT2D eigenvalue weighted by molar-refractivity contribution is -0.172. The highest BCUT2D eigenvalue weighted by Gasteiger charge is 2.46. The van der Waals surface area contributed by atoms with E-state index in [1.54, 1.807) is 17.6 Å². The summed E-state index contributed by atoms with van der Waals surface area (Å²) in [5, 5.41) is 12.1. The number of cyclic esters (lactones) is 1. The third-order valence-corrected chi connectivity index (χ3v) is 7.97. The van der Waals surface area contributed by atoms with E-state index in [4.69, 9.17) is 9.72 Å². The Balaban J connectivity index is 1.70. The molecule has 3 aromatic rings. The number of hydrogen-bond donors (Lipinski definition) is 1. The molecule has 1 N–H and O–H groups in total. The number of pyridine rings is 2. The van der Waals surface area contributed by atoms with Gasteiger partial charge in [-0.3, -0.25) is 4.79 Å². The van der Waals surface area contributed by atoms with Gasteiger partial charge in [-0.2, -0.15) is 0 Å². The molecule has 176 valence electrons. The Morgan fingerprint density at radius 1 is 1.26 bits per heavy atom. The first-order valence-corrected chi connectivity index (χ1v) is 11.6. The van der Waals surface area contributed by atoms with Crippen molar-refractivity contribution >= 4 is 16.9 Å². The molecule has 3 aliphatic rings. The molecule has 1 aliphatic carbocycles. The molecular weight excluding hydrogens is 437 g/mol. The number of halogens is 1. The Morgan fingerprint density at radius 3 is 2.74 bits per heavy atom. The lowest BCUT2D eigenvalue weighted by atomic mass is 9.81. The van der Waals surface area contributed by atoms with Crippen molar-refractivity contribution in [3.63, 3.8) is 0 Å². The molecule has 2 aliphatic heterocycles. The zero-order chi connectivity index (χ0) is 24.1. The smallest absolute Gasteiger partial charge is 0.343 e. The van der Waals surface area contributed by atoms with E-state index in [1.807, 2.05) is 21.0 Å².